The van der Waals surface area contributed by atoms with Crippen molar-refractivity contribution in [1.29, 1.82) is 0 Å². The lowest BCUT2D eigenvalue weighted by Crippen LogP contribution is -2.25. The van der Waals surface area contributed by atoms with Gasteiger partial charge in [-0.15, -0.1) is 0 Å². The third kappa shape index (κ3) is 3.73. The van der Waals surface area contributed by atoms with Gasteiger partial charge in [-0.3, -0.25) is 4.79 Å². The van der Waals surface area contributed by atoms with Gasteiger partial charge in [0.25, 0.3) is 5.56 Å². The molecule has 0 saturated carbocycles. The second-order valence-electron chi connectivity index (χ2n) is 6.93. The zero-order valence-corrected chi connectivity index (χ0v) is 17.0. The Labute approximate surface area is 180 Å². The molecule has 0 amide bonds. The largest absolute Gasteiger partial charge is 0.494 e. The minimum Gasteiger partial charge on any atom is -0.494 e. The molecule has 0 spiro atoms. The molecule has 32 heavy (non-hydrogen) atoms. The Balaban J connectivity index is 1.41. The maximum Gasteiger partial charge on any atom is 0.293 e. The molecule has 0 radical (unpaired) electrons. The lowest BCUT2D eigenvalue weighted by molar-refractivity contribution is 0.340. The third-order valence-electron chi connectivity index (χ3n) is 4.81. The minimum absolute atomic E-state index is 0.00685. The molecule has 3 aromatic heterocycles. The first-order chi connectivity index (χ1) is 15.6. The van der Waals surface area contributed by atoms with E-state index in [1.165, 1.54) is 27.7 Å². The standard InChI is InChI=1S/C22H17FN6O3/c1-2-31-17-9-5-14(6-10-17)18-11-19-22(30)28(24-13-29(19)26-18)12-20-25-21(27-32-20)15-3-7-16(23)8-4-15/h3-11,13H,2,12H2,1H3. The zero-order valence-electron chi connectivity index (χ0n) is 17.0. The minimum atomic E-state index is -0.355. The van der Waals surface area contributed by atoms with Gasteiger partial charge in [0.15, 0.2) is 0 Å². The van der Waals surface area contributed by atoms with Crippen molar-refractivity contribution in [3.63, 3.8) is 0 Å². The van der Waals surface area contributed by atoms with Crippen LogP contribution in [0.2, 0.25) is 0 Å². The summed E-state index contributed by atoms with van der Waals surface area (Å²) in [6, 6.07) is 14.9. The van der Waals surface area contributed by atoms with E-state index in [4.69, 9.17) is 9.26 Å². The maximum absolute atomic E-state index is 13.1. The molecular formula is C22H17FN6O3. The van der Waals surface area contributed by atoms with Crippen LogP contribution in [-0.4, -0.2) is 36.1 Å². The second-order valence-corrected chi connectivity index (χ2v) is 6.93. The summed E-state index contributed by atoms with van der Waals surface area (Å²) in [5, 5.41) is 12.5. The number of benzene rings is 2. The summed E-state index contributed by atoms with van der Waals surface area (Å²) in [6.45, 7) is 2.50. The first kappa shape index (κ1) is 19.6. The van der Waals surface area contributed by atoms with Crippen LogP contribution in [0, 0.1) is 5.82 Å². The van der Waals surface area contributed by atoms with Crippen molar-refractivity contribution in [2.24, 2.45) is 0 Å². The number of halogens is 1. The van der Waals surface area contributed by atoms with Gasteiger partial charge in [-0.05, 0) is 61.5 Å². The first-order valence-corrected chi connectivity index (χ1v) is 9.88. The van der Waals surface area contributed by atoms with Gasteiger partial charge in [-0.2, -0.15) is 15.2 Å². The van der Waals surface area contributed by atoms with Crippen molar-refractivity contribution in [3.8, 4) is 28.4 Å². The fourth-order valence-corrected chi connectivity index (χ4v) is 3.24. The lowest BCUT2D eigenvalue weighted by atomic mass is 10.1. The van der Waals surface area contributed by atoms with E-state index in [1.807, 2.05) is 31.2 Å². The molecule has 3 heterocycles. The lowest BCUT2D eigenvalue weighted by Gasteiger charge is -2.02. The average Bonchev–Trinajstić information content (AvgIpc) is 3.45. The Morgan fingerprint density at radius 2 is 1.81 bits per heavy atom. The molecule has 0 aliphatic carbocycles. The van der Waals surface area contributed by atoms with E-state index in [0.29, 0.717) is 29.2 Å². The molecule has 5 aromatic rings. The van der Waals surface area contributed by atoms with Crippen LogP contribution in [-0.2, 0) is 6.54 Å². The monoisotopic (exact) mass is 432 g/mol. The van der Waals surface area contributed by atoms with Crippen molar-refractivity contribution in [3.05, 3.63) is 83.0 Å². The summed E-state index contributed by atoms with van der Waals surface area (Å²) < 4.78 is 26.5. The van der Waals surface area contributed by atoms with E-state index >= 15 is 0 Å². The third-order valence-corrected chi connectivity index (χ3v) is 4.81. The van der Waals surface area contributed by atoms with E-state index in [1.54, 1.807) is 18.2 Å². The molecule has 0 unspecified atom stereocenters. The molecule has 0 atom stereocenters. The van der Waals surface area contributed by atoms with Crippen LogP contribution < -0.4 is 10.3 Å². The molecule has 0 aliphatic heterocycles. The summed E-state index contributed by atoms with van der Waals surface area (Å²) in [6.07, 6.45) is 1.45. The van der Waals surface area contributed by atoms with Crippen LogP contribution in [0.3, 0.4) is 0 Å². The van der Waals surface area contributed by atoms with Crippen LogP contribution in [0.5, 0.6) is 5.75 Å². The summed E-state index contributed by atoms with van der Waals surface area (Å²) in [5.74, 6) is 0.918. The highest BCUT2D eigenvalue weighted by Gasteiger charge is 2.14. The molecule has 9 nitrogen and oxygen atoms in total. The Morgan fingerprint density at radius 1 is 1.06 bits per heavy atom. The van der Waals surface area contributed by atoms with Crippen molar-refractivity contribution >= 4 is 5.52 Å². The number of rotatable bonds is 6. The first-order valence-electron chi connectivity index (χ1n) is 9.88. The van der Waals surface area contributed by atoms with Crippen molar-refractivity contribution in [2.45, 2.75) is 13.5 Å². The van der Waals surface area contributed by atoms with E-state index in [0.717, 1.165) is 11.3 Å². The maximum atomic E-state index is 13.1. The fourth-order valence-electron chi connectivity index (χ4n) is 3.24. The van der Waals surface area contributed by atoms with Crippen molar-refractivity contribution < 1.29 is 13.7 Å². The Hall–Kier alpha value is -4.34. The summed E-state index contributed by atoms with van der Waals surface area (Å²) in [4.78, 5) is 17.2. The molecule has 0 aliphatic rings. The van der Waals surface area contributed by atoms with Crippen LogP contribution in [0.1, 0.15) is 12.8 Å². The highest BCUT2D eigenvalue weighted by molar-refractivity contribution is 5.65. The van der Waals surface area contributed by atoms with E-state index < -0.39 is 0 Å². The van der Waals surface area contributed by atoms with Crippen molar-refractivity contribution in [2.75, 3.05) is 6.61 Å². The Kier molecular flexibility index (Phi) is 4.94. The van der Waals surface area contributed by atoms with Gasteiger partial charge >= 0.3 is 0 Å². The van der Waals surface area contributed by atoms with Crippen LogP contribution in [0.15, 0.2) is 70.2 Å². The Bertz CT molecular complexity index is 1440. The number of hydrogen-bond donors (Lipinski definition) is 0. The molecule has 10 heteroatoms. The van der Waals surface area contributed by atoms with Gasteiger partial charge in [-0.1, -0.05) is 5.16 Å². The van der Waals surface area contributed by atoms with E-state index in [9.17, 15) is 9.18 Å². The van der Waals surface area contributed by atoms with Gasteiger partial charge in [-0.25, -0.2) is 13.6 Å². The zero-order chi connectivity index (χ0) is 22.1. The molecule has 2 aromatic carbocycles. The highest BCUT2D eigenvalue weighted by atomic mass is 19.1. The van der Waals surface area contributed by atoms with Crippen LogP contribution >= 0.6 is 0 Å². The fraction of sp³-hybridized carbons (Fsp3) is 0.136. The smallest absolute Gasteiger partial charge is 0.293 e. The normalized spacial score (nSPS) is 11.2. The number of hydrogen-bond acceptors (Lipinski definition) is 7. The summed E-state index contributed by atoms with van der Waals surface area (Å²) in [7, 11) is 0. The summed E-state index contributed by atoms with van der Waals surface area (Å²) in [5.41, 5.74) is 2.11. The highest BCUT2D eigenvalue weighted by Crippen LogP contribution is 2.22. The van der Waals surface area contributed by atoms with E-state index in [-0.39, 0.29) is 23.8 Å². The predicted molar refractivity (Wildman–Crippen MR) is 113 cm³/mol. The molecule has 160 valence electrons. The topological polar surface area (TPSA) is 100 Å². The van der Waals surface area contributed by atoms with Gasteiger partial charge < -0.3 is 9.26 Å². The Morgan fingerprint density at radius 3 is 2.56 bits per heavy atom. The van der Waals surface area contributed by atoms with Crippen LogP contribution in [0.4, 0.5) is 4.39 Å². The molecular weight excluding hydrogens is 415 g/mol. The summed E-state index contributed by atoms with van der Waals surface area (Å²) >= 11 is 0. The molecule has 0 N–H and O–H groups in total. The van der Waals surface area contributed by atoms with Crippen LogP contribution in [0.25, 0.3) is 28.2 Å². The number of fused-ring (bicyclic) bond motifs is 1. The average molecular weight is 432 g/mol. The van der Waals surface area contributed by atoms with E-state index in [2.05, 4.69) is 20.3 Å². The molecule has 0 saturated heterocycles. The predicted octanol–water partition coefficient (Wildman–Crippen LogP) is 3.19. The molecule has 0 fully saturated rings. The van der Waals surface area contributed by atoms with Gasteiger partial charge in [0.2, 0.25) is 11.7 Å². The van der Waals surface area contributed by atoms with Gasteiger partial charge in [0.05, 0.1) is 12.3 Å². The molecule has 5 rings (SSSR count). The van der Waals surface area contributed by atoms with Gasteiger partial charge in [0, 0.05) is 11.1 Å². The van der Waals surface area contributed by atoms with Crippen molar-refractivity contribution in [1.82, 2.24) is 29.5 Å². The quantitative estimate of drug-likeness (QED) is 0.406. The number of aromatic nitrogens is 6. The number of nitrogens with zero attached hydrogens (tertiary/aromatic N) is 6. The molecule has 0 bridgehead atoms. The van der Waals surface area contributed by atoms with Gasteiger partial charge in [0.1, 0.15) is 30.0 Å². The SMILES string of the molecule is CCOc1ccc(-c2cc3c(=O)n(Cc4nc(-c5ccc(F)cc5)no4)ncn3n2)cc1. The number of ether oxygens (including phenoxy) is 1. The second kappa shape index (κ2) is 8.06.